The summed E-state index contributed by atoms with van der Waals surface area (Å²) in [5, 5.41) is 0. The first-order valence-electron chi connectivity index (χ1n) is 6.79. The first kappa shape index (κ1) is 17.6. The summed E-state index contributed by atoms with van der Waals surface area (Å²) < 4.78 is 39.7. The molecule has 0 aliphatic carbocycles. The first-order valence-corrected chi connectivity index (χ1v) is 8.27. The van der Waals surface area contributed by atoms with E-state index < -0.39 is 15.8 Å². The first-order chi connectivity index (χ1) is 9.77. The molecule has 21 heavy (non-hydrogen) atoms. The molecule has 0 aliphatic heterocycles. The number of amides is 1. The van der Waals surface area contributed by atoms with Crippen LogP contribution in [0.15, 0.2) is 23.1 Å². The number of nitrogens with one attached hydrogen (secondary N) is 1. The van der Waals surface area contributed by atoms with Gasteiger partial charge in [0.1, 0.15) is 5.82 Å². The Morgan fingerprint density at radius 1 is 1.33 bits per heavy atom. The van der Waals surface area contributed by atoms with E-state index in [0.717, 1.165) is 12.5 Å². The van der Waals surface area contributed by atoms with Crippen LogP contribution < -0.4 is 4.72 Å². The molecule has 5 nitrogen and oxygen atoms in total. The van der Waals surface area contributed by atoms with E-state index in [1.54, 1.807) is 4.90 Å². The maximum Gasteiger partial charge on any atom is 0.240 e. The Balaban J connectivity index is 2.68. The van der Waals surface area contributed by atoms with Crippen molar-refractivity contribution in [3.63, 3.8) is 0 Å². The summed E-state index contributed by atoms with van der Waals surface area (Å²) in [6.45, 7) is 5.93. The molecular formula is C14H21FN2O3S. The van der Waals surface area contributed by atoms with Crippen LogP contribution in [-0.4, -0.2) is 38.9 Å². The van der Waals surface area contributed by atoms with Crippen LogP contribution in [0.1, 0.15) is 25.8 Å². The molecule has 0 bridgehead atoms. The molecule has 0 aromatic heterocycles. The fourth-order valence-electron chi connectivity index (χ4n) is 1.88. The summed E-state index contributed by atoms with van der Waals surface area (Å²) in [5.74, 6) is -0.534. The van der Waals surface area contributed by atoms with Gasteiger partial charge in [0.15, 0.2) is 0 Å². The summed E-state index contributed by atoms with van der Waals surface area (Å²) >= 11 is 0. The number of rotatable bonds is 7. The quantitative estimate of drug-likeness (QED) is 0.832. The minimum absolute atomic E-state index is 0.0197. The summed E-state index contributed by atoms with van der Waals surface area (Å²) in [5.41, 5.74) is 0.272. The van der Waals surface area contributed by atoms with Crippen LogP contribution in [0.5, 0.6) is 0 Å². The second-order valence-electron chi connectivity index (χ2n) is 4.81. The molecule has 0 radical (unpaired) electrons. The number of sulfonamides is 1. The van der Waals surface area contributed by atoms with Gasteiger partial charge in [0.05, 0.1) is 4.90 Å². The zero-order chi connectivity index (χ0) is 16.0. The van der Waals surface area contributed by atoms with Crippen LogP contribution in [0.3, 0.4) is 0 Å². The van der Waals surface area contributed by atoms with Gasteiger partial charge < -0.3 is 4.90 Å². The molecule has 0 aliphatic rings. The zero-order valence-corrected chi connectivity index (χ0v) is 13.3. The molecule has 1 aromatic rings. The van der Waals surface area contributed by atoms with Crippen LogP contribution in [0, 0.1) is 12.7 Å². The van der Waals surface area contributed by atoms with Crippen molar-refractivity contribution in [2.45, 2.75) is 32.1 Å². The predicted molar refractivity (Wildman–Crippen MR) is 78.9 cm³/mol. The van der Waals surface area contributed by atoms with Crippen molar-refractivity contribution >= 4 is 15.9 Å². The summed E-state index contributed by atoms with van der Waals surface area (Å²) in [4.78, 5) is 13.0. The molecule has 0 saturated carbocycles. The molecule has 118 valence electrons. The van der Waals surface area contributed by atoms with Crippen molar-refractivity contribution in [1.82, 2.24) is 9.62 Å². The van der Waals surface area contributed by atoms with Crippen LogP contribution in [0.2, 0.25) is 0 Å². The average molecular weight is 316 g/mol. The van der Waals surface area contributed by atoms with E-state index in [1.165, 1.54) is 26.0 Å². The van der Waals surface area contributed by atoms with Gasteiger partial charge in [-0.3, -0.25) is 4.79 Å². The van der Waals surface area contributed by atoms with Crippen LogP contribution in [0.4, 0.5) is 4.39 Å². The molecule has 1 aromatic carbocycles. The van der Waals surface area contributed by atoms with E-state index in [4.69, 9.17) is 0 Å². The highest BCUT2D eigenvalue weighted by molar-refractivity contribution is 7.89. The average Bonchev–Trinajstić information content (AvgIpc) is 2.40. The smallest absolute Gasteiger partial charge is 0.240 e. The van der Waals surface area contributed by atoms with Gasteiger partial charge in [-0.25, -0.2) is 17.5 Å². The highest BCUT2D eigenvalue weighted by atomic mass is 32.2. The van der Waals surface area contributed by atoms with E-state index in [-0.39, 0.29) is 22.9 Å². The summed E-state index contributed by atoms with van der Waals surface area (Å²) in [7, 11) is -3.69. The second-order valence-corrected chi connectivity index (χ2v) is 6.58. The molecule has 0 fully saturated rings. The van der Waals surface area contributed by atoms with Crippen molar-refractivity contribution in [3.8, 4) is 0 Å². The van der Waals surface area contributed by atoms with E-state index in [0.29, 0.717) is 13.1 Å². The Kier molecular flexibility index (Phi) is 6.29. The van der Waals surface area contributed by atoms with Crippen LogP contribution >= 0.6 is 0 Å². The maximum atomic E-state index is 13.2. The van der Waals surface area contributed by atoms with Gasteiger partial charge in [-0.05, 0) is 37.1 Å². The topological polar surface area (TPSA) is 66.5 Å². The predicted octanol–water partition coefficient (Wildman–Crippen LogP) is 1.67. The molecule has 0 saturated heterocycles. The lowest BCUT2D eigenvalue weighted by atomic mass is 10.2. The molecular weight excluding hydrogens is 295 g/mol. The van der Waals surface area contributed by atoms with Crippen LogP contribution in [0.25, 0.3) is 0 Å². The van der Waals surface area contributed by atoms with Gasteiger partial charge in [-0.2, -0.15) is 0 Å². The Morgan fingerprint density at radius 3 is 2.52 bits per heavy atom. The van der Waals surface area contributed by atoms with Crippen molar-refractivity contribution in [2.75, 3.05) is 19.6 Å². The van der Waals surface area contributed by atoms with Gasteiger partial charge in [0.2, 0.25) is 15.9 Å². The normalized spacial score (nSPS) is 11.4. The highest BCUT2D eigenvalue weighted by Gasteiger charge is 2.16. The Hall–Kier alpha value is -1.47. The van der Waals surface area contributed by atoms with E-state index in [9.17, 15) is 17.6 Å². The minimum Gasteiger partial charge on any atom is -0.342 e. The van der Waals surface area contributed by atoms with E-state index >= 15 is 0 Å². The molecule has 0 spiro atoms. The molecule has 1 rings (SSSR count). The number of aryl methyl sites for hydroxylation is 1. The third-order valence-corrected chi connectivity index (χ3v) is 4.51. The lowest BCUT2D eigenvalue weighted by Gasteiger charge is -2.20. The molecule has 1 amide bonds. The summed E-state index contributed by atoms with van der Waals surface area (Å²) in [6.07, 6.45) is 0.809. The number of nitrogens with zero attached hydrogens (tertiary/aromatic N) is 1. The molecule has 7 heteroatoms. The highest BCUT2D eigenvalue weighted by Crippen LogP contribution is 2.13. The number of benzene rings is 1. The molecule has 1 N–H and O–H groups in total. The zero-order valence-electron chi connectivity index (χ0n) is 12.5. The standard InChI is InChI=1S/C14H21FN2O3S/c1-4-8-17(12(3)18)9-7-16-21(19,20)13-5-6-14(15)11(2)10-13/h5-6,10,16H,4,7-9H2,1-3H3. The van der Waals surface area contributed by atoms with Gasteiger partial charge in [0.25, 0.3) is 0 Å². The minimum atomic E-state index is -3.69. The molecule has 0 heterocycles. The van der Waals surface area contributed by atoms with Crippen LogP contribution in [-0.2, 0) is 14.8 Å². The van der Waals surface area contributed by atoms with Gasteiger partial charge in [-0.15, -0.1) is 0 Å². The van der Waals surface area contributed by atoms with Gasteiger partial charge in [-0.1, -0.05) is 6.92 Å². The Morgan fingerprint density at radius 2 is 2.00 bits per heavy atom. The number of hydrogen-bond donors (Lipinski definition) is 1. The third kappa shape index (κ3) is 5.09. The van der Waals surface area contributed by atoms with Crippen molar-refractivity contribution in [1.29, 1.82) is 0 Å². The molecule has 0 atom stereocenters. The fraction of sp³-hybridized carbons (Fsp3) is 0.500. The number of hydrogen-bond acceptors (Lipinski definition) is 3. The molecule has 0 unspecified atom stereocenters. The summed E-state index contributed by atoms with van der Waals surface area (Å²) in [6, 6.07) is 3.63. The van der Waals surface area contributed by atoms with E-state index in [2.05, 4.69) is 4.72 Å². The number of halogens is 1. The van der Waals surface area contributed by atoms with Crippen molar-refractivity contribution in [3.05, 3.63) is 29.6 Å². The maximum absolute atomic E-state index is 13.2. The SMILES string of the molecule is CCCN(CCNS(=O)(=O)c1ccc(F)c(C)c1)C(C)=O. The van der Waals surface area contributed by atoms with Gasteiger partial charge >= 0.3 is 0 Å². The number of carbonyl (C=O) groups excluding carboxylic acids is 1. The lowest BCUT2D eigenvalue weighted by Crippen LogP contribution is -2.37. The van der Waals surface area contributed by atoms with Crippen molar-refractivity contribution in [2.24, 2.45) is 0 Å². The third-order valence-electron chi connectivity index (χ3n) is 3.05. The Bertz CT molecular complexity index is 602. The second kappa shape index (κ2) is 7.51. The fourth-order valence-corrected chi connectivity index (χ4v) is 2.99. The monoisotopic (exact) mass is 316 g/mol. The van der Waals surface area contributed by atoms with Crippen molar-refractivity contribution < 1.29 is 17.6 Å². The lowest BCUT2D eigenvalue weighted by molar-refractivity contribution is -0.128. The Labute approximate surface area is 125 Å². The largest absolute Gasteiger partial charge is 0.342 e. The number of carbonyl (C=O) groups is 1. The van der Waals surface area contributed by atoms with Gasteiger partial charge in [0, 0.05) is 26.6 Å². The van der Waals surface area contributed by atoms with E-state index in [1.807, 2.05) is 6.92 Å².